The molecule has 0 spiro atoms. The van der Waals surface area contributed by atoms with E-state index >= 15 is 0 Å². The summed E-state index contributed by atoms with van der Waals surface area (Å²) in [6.45, 7) is -3.10. The average molecular weight is 262 g/mol. The largest absolute Gasteiger partial charge is 0.408 e. The molecule has 0 nitrogen and oxygen atoms in total. The predicted molar refractivity (Wildman–Crippen MR) is 36.0 cm³/mol. The zero-order chi connectivity index (χ0) is 13.4. The molecule has 0 heterocycles. The fourth-order valence-electron chi connectivity index (χ4n) is 1.28. The molecule has 0 aliphatic heterocycles. The van der Waals surface area contributed by atoms with Gasteiger partial charge >= 0.3 is 6.18 Å². The van der Waals surface area contributed by atoms with Crippen LogP contribution in [0.25, 0.3) is 0 Å². The van der Waals surface area contributed by atoms with Gasteiger partial charge in [0, 0.05) is 6.92 Å². The molecule has 0 N–H and O–H groups in total. The highest BCUT2D eigenvalue weighted by Crippen LogP contribution is 2.56. The van der Waals surface area contributed by atoms with E-state index in [1.54, 1.807) is 0 Å². The van der Waals surface area contributed by atoms with Crippen LogP contribution in [0.2, 0.25) is 0 Å². The van der Waals surface area contributed by atoms with E-state index in [0.29, 0.717) is 0 Å². The molecule has 0 aromatic rings. The van der Waals surface area contributed by atoms with Crippen LogP contribution in [0.3, 0.4) is 0 Å². The van der Waals surface area contributed by atoms with Gasteiger partial charge in [0.1, 0.15) is 6.67 Å². The molecule has 0 aromatic heterocycles. The van der Waals surface area contributed by atoms with Crippen LogP contribution >= 0.6 is 0 Å². The molecular weight excluding hydrogens is 255 g/mol. The molecule has 2 unspecified atom stereocenters. The summed E-state index contributed by atoms with van der Waals surface area (Å²) >= 11 is 0. The van der Waals surface area contributed by atoms with Crippen LogP contribution in [0.15, 0.2) is 0 Å². The second-order valence-corrected chi connectivity index (χ2v) is 3.18. The number of rotatable bonds is 4. The van der Waals surface area contributed by atoms with Crippen molar-refractivity contribution in [3.8, 4) is 0 Å². The Labute approximate surface area is 84.4 Å². The fraction of sp³-hybridized carbons (Fsp3) is 1.00. The molecule has 0 aromatic carbocycles. The van der Waals surface area contributed by atoms with E-state index in [-0.39, 0.29) is 0 Å². The summed E-state index contributed by atoms with van der Waals surface area (Å²) in [5.74, 6) is -5.15. The van der Waals surface area contributed by atoms with Crippen molar-refractivity contribution in [1.82, 2.24) is 0 Å². The molecule has 0 radical (unpaired) electrons. The van der Waals surface area contributed by atoms with Gasteiger partial charge in [-0.15, -0.1) is 0 Å². The maximum absolute atomic E-state index is 12.6. The first-order chi connectivity index (χ1) is 6.92. The molecule has 9 heteroatoms. The molecule has 0 bridgehead atoms. The van der Waals surface area contributed by atoms with Crippen molar-refractivity contribution in [2.45, 2.75) is 31.6 Å². The van der Waals surface area contributed by atoms with Crippen molar-refractivity contribution >= 4 is 0 Å². The quantitative estimate of drug-likeness (QED) is 0.676. The SMILES string of the molecule is CC(F)(F)C(C(F)F)(C(F)CF)C(F)(F)F. The smallest absolute Gasteiger partial charge is 0.248 e. The fourth-order valence-corrected chi connectivity index (χ4v) is 1.28. The number of hydrogen-bond donors (Lipinski definition) is 0. The van der Waals surface area contributed by atoms with Crippen molar-refractivity contribution in [1.29, 1.82) is 0 Å². The van der Waals surface area contributed by atoms with Gasteiger partial charge in [0.15, 0.2) is 6.17 Å². The van der Waals surface area contributed by atoms with Gasteiger partial charge in [-0.2, -0.15) is 13.2 Å². The van der Waals surface area contributed by atoms with E-state index in [2.05, 4.69) is 0 Å². The lowest BCUT2D eigenvalue weighted by molar-refractivity contribution is -0.351. The highest BCUT2D eigenvalue weighted by atomic mass is 19.4. The normalized spacial score (nSPS) is 19.7. The van der Waals surface area contributed by atoms with Crippen molar-refractivity contribution < 1.29 is 39.5 Å². The van der Waals surface area contributed by atoms with Crippen molar-refractivity contribution in [3.63, 3.8) is 0 Å². The first-order valence-electron chi connectivity index (χ1n) is 3.85. The Balaban J connectivity index is 5.81. The number of halogens is 9. The van der Waals surface area contributed by atoms with E-state index in [0.717, 1.165) is 0 Å². The molecule has 98 valence electrons. The summed E-state index contributed by atoms with van der Waals surface area (Å²) in [5.41, 5.74) is -5.32. The first kappa shape index (κ1) is 15.4. The zero-order valence-corrected chi connectivity index (χ0v) is 7.76. The minimum Gasteiger partial charge on any atom is -0.248 e. The Morgan fingerprint density at radius 2 is 1.31 bits per heavy atom. The van der Waals surface area contributed by atoms with Crippen LogP contribution in [-0.2, 0) is 0 Å². The standard InChI is InChI=1S/C7H7F9/c1-5(12,13)6(4(10)11,3(9)2-8)7(14,15)16/h3-4H,2H2,1H3. The van der Waals surface area contributed by atoms with E-state index < -0.39 is 43.7 Å². The van der Waals surface area contributed by atoms with Gasteiger partial charge in [0.2, 0.25) is 5.41 Å². The lowest BCUT2D eigenvalue weighted by atomic mass is 9.77. The summed E-state index contributed by atoms with van der Waals surface area (Å²) in [4.78, 5) is 0. The van der Waals surface area contributed by atoms with Gasteiger partial charge in [-0.25, -0.2) is 26.3 Å². The summed E-state index contributed by atoms with van der Waals surface area (Å²) in [5, 5.41) is 0. The van der Waals surface area contributed by atoms with Crippen molar-refractivity contribution in [2.24, 2.45) is 5.41 Å². The molecule has 0 saturated heterocycles. The van der Waals surface area contributed by atoms with Crippen molar-refractivity contribution in [3.05, 3.63) is 0 Å². The minimum absolute atomic E-state index is 0.519. The molecule has 0 fully saturated rings. The van der Waals surface area contributed by atoms with Gasteiger partial charge in [0.25, 0.3) is 12.3 Å². The summed E-state index contributed by atoms with van der Waals surface area (Å²) in [6.07, 6.45) is -15.1. The highest BCUT2D eigenvalue weighted by molar-refractivity contribution is 5.03. The third-order valence-electron chi connectivity index (χ3n) is 2.17. The Morgan fingerprint density at radius 1 is 0.938 bits per heavy atom. The topological polar surface area (TPSA) is 0 Å². The van der Waals surface area contributed by atoms with Gasteiger partial charge < -0.3 is 0 Å². The van der Waals surface area contributed by atoms with Crippen LogP contribution in [-0.4, -0.2) is 31.4 Å². The van der Waals surface area contributed by atoms with Gasteiger partial charge in [-0.3, -0.25) is 0 Å². The second kappa shape index (κ2) is 4.33. The second-order valence-electron chi connectivity index (χ2n) is 3.18. The van der Waals surface area contributed by atoms with Crippen LogP contribution in [0.1, 0.15) is 6.92 Å². The maximum atomic E-state index is 12.6. The zero-order valence-electron chi connectivity index (χ0n) is 7.76. The molecule has 16 heavy (non-hydrogen) atoms. The Morgan fingerprint density at radius 3 is 1.38 bits per heavy atom. The molecule has 0 saturated carbocycles. The van der Waals surface area contributed by atoms with Crippen LogP contribution < -0.4 is 0 Å². The predicted octanol–water partition coefficient (Wildman–Crippen LogP) is 3.76. The van der Waals surface area contributed by atoms with Gasteiger partial charge in [0.05, 0.1) is 0 Å². The Kier molecular flexibility index (Phi) is 4.15. The average Bonchev–Trinajstić information content (AvgIpc) is 1.98. The number of hydrogen-bond acceptors (Lipinski definition) is 0. The maximum Gasteiger partial charge on any atom is 0.408 e. The molecular formula is C7H7F9. The van der Waals surface area contributed by atoms with E-state index in [4.69, 9.17) is 0 Å². The monoisotopic (exact) mass is 262 g/mol. The molecule has 2 atom stereocenters. The highest BCUT2D eigenvalue weighted by Gasteiger charge is 2.77. The first-order valence-corrected chi connectivity index (χ1v) is 3.85. The van der Waals surface area contributed by atoms with E-state index in [1.807, 2.05) is 0 Å². The van der Waals surface area contributed by atoms with E-state index in [9.17, 15) is 39.5 Å². The molecule has 0 rings (SSSR count). The Bertz CT molecular complexity index is 211. The Hall–Kier alpha value is -0.630. The third-order valence-corrected chi connectivity index (χ3v) is 2.17. The molecule has 0 amide bonds. The van der Waals surface area contributed by atoms with Crippen molar-refractivity contribution in [2.75, 3.05) is 6.67 Å². The molecule has 0 aliphatic rings. The van der Waals surface area contributed by atoms with Gasteiger partial charge in [-0.1, -0.05) is 0 Å². The summed E-state index contributed by atoms with van der Waals surface area (Å²) in [7, 11) is 0. The van der Waals surface area contributed by atoms with Gasteiger partial charge in [-0.05, 0) is 0 Å². The summed E-state index contributed by atoms with van der Waals surface area (Å²) < 4.78 is 111. The lowest BCUT2D eigenvalue weighted by Crippen LogP contribution is -2.61. The number of alkyl halides is 9. The lowest BCUT2D eigenvalue weighted by Gasteiger charge is -2.40. The van der Waals surface area contributed by atoms with Crippen LogP contribution in [0, 0.1) is 5.41 Å². The minimum atomic E-state index is -6.27. The molecule has 0 aliphatic carbocycles. The van der Waals surface area contributed by atoms with E-state index in [1.165, 1.54) is 0 Å². The third kappa shape index (κ3) is 2.08. The van der Waals surface area contributed by atoms with Crippen LogP contribution in [0.4, 0.5) is 39.5 Å². The van der Waals surface area contributed by atoms with Crippen LogP contribution in [0.5, 0.6) is 0 Å². The summed E-state index contributed by atoms with van der Waals surface area (Å²) in [6, 6.07) is 0.